The van der Waals surface area contributed by atoms with E-state index in [2.05, 4.69) is 20.9 Å². The van der Waals surface area contributed by atoms with Crippen LogP contribution in [0.2, 0.25) is 0 Å². The first-order valence-corrected chi connectivity index (χ1v) is 9.25. The Balaban J connectivity index is 2.09. The minimum absolute atomic E-state index is 0.125. The van der Waals surface area contributed by atoms with E-state index in [0.717, 1.165) is 4.47 Å². The van der Waals surface area contributed by atoms with Crippen molar-refractivity contribution in [3.63, 3.8) is 0 Å². The lowest BCUT2D eigenvalue weighted by Crippen LogP contribution is -2.54. The van der Waals surface area contributed by atoms with Crippen molar-refractivity contribution >= 4 is 44.1 Å². The van der Waals surface area contributed by atoms with Crippen LogP contribution in [0.5, 0.6) is 0 Å². The molecule has 140 valence electrons. The molecule has 0 radical (unpaired) electrons. The first-order valence-electron chi connectivity index (χ1n) is 8.46. The molecule has 0 fully saturated rings. The molecule has 8 heteroatoms. The minimum atomic E-state index is -1.10. The van der Waals surface area contributed by atoms with E-state index >= 15 is 0 Å². The summed E-state index contributed by atoms with van der Waals surface area (Å²) in [6, 6.07) is 5.42. The summed E-state index contributed by atoms with van der Waals surface area (Å²) in [6.07, 6.45) is 2.52. The van der Waals surface area contributed by atoms with E-state index in [9.17, 15) is 14.7 Å². The molecule has 7 nitrogen and oxygen atoms in total. The van der Waals surface area contributed by atoms with E-state index < -0.39 is 22.6 Å². The fourth-order valence-corrected chi connectivity index (χ4v) is 4.18. The highest BCUT2D eigenvalue weighted by molar-refractivity contribution is 9.10. The van der Waals surface area contributed by atoms with Gasteiger partial charge in [0.25, 0.3) is 5.56 Å². The summed E-state index contributed by atoms with van der Waals surface area (Å²) in [5, 5.41) is 10.5. The predicted octanol–water partition coefficient (Wildman–Crippen LogP) is 4.22. The third kappa shape index (κ3) is 2.43. The second-order valence-corrected chi connectivity index (χ2v) is 8.56. The number of carbonyl (C=O) groups is 1. The van der Waals surface area contributed by atoms with Crippen LogP contribution in [-0.4, -0.2) is 32.6 Å². The Kier molecular flexibility index (Phi) is 3.75. The van der Waals surface area contributed by atoms with Gasteiger partial charge >= 0.3 is 6.09 Å². The summed E-state index contributed by atoms with van der Waals surface area (Å²) in [5.74, 6) is 0.284. The van der Waals surface area contributed by atoms with Crippen LogP contribution in [0.3, 0.4) is 0 Å². The van der Waals surface area contributed by atoms with Gasteiger partial charge in [-0.1, -0.05) is 48.9 Å². The number of nitrogens with zero attached hydrogens (tertiary/aromatic N) is 2. The van der Waals surface area contributed by atoms with Gasteiger partial charge < -0.3 is 14.5 Å². The molecule has 1 aliphatic rings. The van der Waals surface area contributed by atoms with Crippen LogP contribution in [0.15, 0.2) is 44.0 Å². The van der Waals surface area contributed by atoms with Gasteiger partial charge in [-0.05, 0) is 23.6 Å². The fraction of sp³-hybridized carbons (Fsp3) is 0.316. The predicted molar refractivity (Wildman–Crippen MR) is 105 cm³/mol. The molecule has 0 spiro atoms. The molecule has 3 aromatic rings. The Morgan fingerprint density at radius 1 is 1.41 bits per heavy atom. The van der Waals surface area contributed by atoms with Crippen LogP contribution in [0.25, 0.3) is 22.1 Å². The summed E-state index contributed by atoms with van der Waals surface area (Å²) in [7, 11) is 0. The van der Waals surface area contributed by atoms with Crippen molar-refractivity contribution < 1.29 is 14.3 Å². The van der Waals surface area contributed by atoms with Gasteiger partial charge in [0.1, 0.15) is 22.5 Å². The highest BCUT2D eigenvalue weighted by Gasteiger charge is 2.52. The van der Waals surface area contributed by atoms with Gasteiger partial charge in [-0.2, -0.15) is 0 Å². The largest absolute Gasteiger partial charge is 0.465 e. The zero-order valence-corrected chi connectivity index (χ0v) is 16.6. The van der Waals surface area contributed by atoms with Crippen LogP contribution in [0.4, 0.5) is 4.79 Å². The molecule has 4 rings (SSSR count). The third-order valence-electron chi connectivity index (χ3n) is 5.09. The maximum absolute atomic E-state index is 12.8. The van der Waals surface area contributed by atoms with E-state index in [-0.39, 0.29) is 18.0 Å². The second kappa shape index (κ2) is 5.69. The van der Waals surface area contributed by atoms with Crippen LogP contribution < -0.4 is 5.56 Å². The Morgan fingerprint density at radius 3 is 2.81 bits per heavy atom. The molecule has 0 aliphatic carbocycles. The highest BCUT2D eigenvalue weighted by atomic mass is 79.9. The first kappa shape index (κ1) is 17.8. The fourth-order valence-electron chi connectivity index (χ4n) is 3.81. The van der Waals surface area contributed by atoms with Crippen molar-refractivity contribution in [2.45, 2.75) is 26.3 Å². The van der Waals surface area contributed by atoms with Crippen molar-refractivity contribution in [1.82, 2.24) is 14.9 Å². The first-order chi connectivity index (χ1) is 12.6. The van der Waals surface area contributed by atoms with Crippen molar-refractivity contribution in [1.29, 1.82) is 0 Å². The summed E-state index contributed by atoms with van der Waals surface area (Å²) < 4.78 is 6.51. The molecule has 1 amide bonds. The Hall–Kier alpha value is -2.61. The number of nitrogens with one attached hydrogen (secondary N) is 1. The lowest BCUT2D eigenvalue weighted by atomic mass is 9.72. The average Bonchev–Trinajstić information content (AvgIpc) is 3.17. The SMILES string of the molecule is CC(C)(C)C1(c2nc3c(oc4ccc(Br)cc43)c(=O)[nH]2)C=CCN1C(=O)O. The maximum Gasteiger partial charge on any atom is 0.408 e. The summed E-state index contributed by atoms with van der Waals surface area (Å²) in [5.41, 5.74) is -0.995. The number of furan rings is 1. The van der Waals surface area contributed by atoms with E-state index in [4.69, 9.17) is 9.40 Å². The van der Waals surface area contributed by atoms with Crippen LogP contribution in [0.1, 0.15) is 26.6 Å². The van der Waals surface area contributed by atoms with Crippen LogP contribution >= 0.6 is 15.9 Å². The number of benzene rings is 1. The summed E-state index contributed by atoms with van der Waals surface area (Å²) >= 11 is 3.42. The number of aromatic amines is 1. The molecule has 1 aromatic carbocycles. The average molecular weight is 432 g/mol. The minimum Gasteiger partial charge on any atom is -0.465 e. The molecule has 1 unspecified atom stereocenters. The van der Waals surface area contributed by atoms with Crippen molar-refractivity contribution in [2.75, 3.05) is 6.54 Å². The van der Waals surface area contributed by atoms with Gasteiger partial charge in [-0.25, -0.2) is 9.78 Å². The Labute approximate surface area is 162 Å². The van der Waals surface area contributed by atoms with Crippen LogP contribution in [-0.2, 0) is 5.54 Å². The summed E-state index contributed by atoms with van der Waals surface area (Å²) in [6.45, 7) is 6.00. The molecule has 0 saturated carbocycles. The smallest absolute Gasteiger partial charge is 0.408 e. The molecule has 2 aromatic heterocycles. The molecule has 0 saturated heterocycles. The number of hydrogen-bond acceptors (Lipinski definition) is 4. The van der Waals surface area contributed by atoms with Crippen molar-refractivity contribution in [3.8, 4) is 0 Å². The van der Waals surface area contributed by atoms with Gasteiger partial charge in [0.05, 0.1) is 0 Å². The monoisotopic (exact) mass is 431 g/mol. The van der Waals surface area contributed by atoms with E-state index in [0.29, 0.717) is 16.5 Å². The number of carboxylic acid groups (broad SMARTS) is 1. The molecule has 1 aliphatic heterocycles. The lowest BCUT2D eigenvalue weighted by molar-refractivity contribution is 0.0442. The molecule has 0 bridgehead atoms. The number of hydrogen-bond donors (Lipinski definition) is 2. The molecular formula is C19H18BrN3O4. The quantitative estimate of drug-likeness (QED) is 0.561. The maximum atomic E-state index is 12.8. The van der Waals surface area contributed by atoms with Gasteiger partial charge in [0.2, 0.25) is 5.58 Å². The highest BCUT2D eigenvalue weighted by Crippen LogP contribution is 2.47. The topological polar surface area (TPSA) is 99.4 Å². The molecule has 1 atom stereocenters. The zero-order valence-electron chi connectivity index (χ0n) is 15.0. The Morgan fingerprint density at radius 2 is 2.15 bits per heavy atom. The molecule has 27 heavy (non-hydrogen) atoms. The molecule has 2 N–H and O–H groups in total. The molecule has 3 heterocycles. The second-order valence-electron chi connectivity index (χ2n) is 7.65. The third-order valence-corrected chi connectivity index (χ3v) is 5.59. The van der Waals surface area contributed by atoms with E-state index in [1.807, 2.05) is 39.0 Å². The van der Waals surface area contributed by atoms with Gasteiger partial charge in [-0.15, -0.1) is 0 Å². The summed E-state index contributed by atoms with van der Waals surface area (Å²) in [4.78, 5) is 33.5. The zero-order chi connectivity index (χ0) is 19.6. The van der Waals surface area contributed by atoms with E-state index in [1.165, 1.54) is 4.90 Å². The van der Waals surface area contributed by atoms with E-state index in [1.54, 1.807) is 12.1 Å². The normalized spacial score (nSPS) is 20.1. The number of halogens is 1. The number of rotatable bonds is 1. The Bertz CT molecular complexity index is 1170. The van der Waals surface area contributed by atoms with Gasteiger partial charge in [0, 0.05) is 16.4 Å². The van der Waals surface area contributed by atoms with Crippen molar-refractivity contribution in [2.24, 2.45) is 5.41 Å². The van der Waals surface area contributed by atoms with Crippen molar-refractivity contribution in [3.05, 3.63) is 51.0 Å². The van der Waals surface area contributed by atoms with Gasteiger partial charge in [0.15, 0.2) is 0 Å². The lowest BCUT2D eigenvalue weighted by Gasteiger charge is -2.45. The number of aromatic nitrogens is 2. The number of H-pyrrole nitrogens is 1. The molecular weight excluding hydrogens is 414 g/mol. The van der Waals surface area contributed by atoms with Gasteiger partial charge in [-0.3, -0.25) is 9.69 Å². The number of fused-ring (bicyclic) bond motifs is 3. The van der Waals surface area contributed by atoms with Crippen LogP contribution in [0, 0.1) is 5.41 Å². The number of amides is 1. The standard InChI is InChI=1S/C19H18BrN3O4/c1-18(2,3)19(7-4-8-23(19)17(25)26)16-21-13-11-9-10(20)5-6-12(11)27-14(13)15(24)22-16/h4-7,9H,8H2,1-3H3,(H,25,26)(H,21,22,24).